The van der Waals surface area contributed by atoms with Crippen molar-refractivity contribution in [1.29, 1.82) is 0 Å². The van der Waals surface area contributed by atoms with Crippen LogP contribution in [0.3, 0.4) is 0 Å². The van der Waals surface area contributed by atoms with Crippen LogP contribution in [0.5, 0.6) is 0 Å². The van der Waals surface area contributed by atoms with Crippen LogP contribution in [0.2, 0.25) is 0 Å². The first-order valence-corrected chi connectivity index (χ1v) is 6.38. The van der Waals surface area contributed by atoms with E-state index in [2.05, 4.69) is 32.7 Å². The third-order valence-corrected chi connectivity index (χ3v) is 2.46. The van der Waals surface area contributed by atoms with Crippen LogP contribution < -0.4 is 5.56 Å². The normalized spacial score (nSPS) is 11.0. The highest BCUT2D eigenvalue weighted by Crippen LogP contribution is 2.08. The van der Waals surface area contributed by atoms with E-state index in [1.807, 2.05) is 0 Å². The van der Waals surface area contributed by atoms with E-state index in [1.54, 1.807) is 17.0 Å². The largest absolute Gasteiger partial charge is 0.337 e. The van der Waals surface area contributed by atoms with E-state index in [0.717, 1.165) is 0 Å². The molecule has 0 saturated carbocycles. The van der Waals surface area contributed by atoms with Crippen molar-refractivity contribution in [2.75, 3.05) is 13.1 Å². The van der Waals surface area contributed by atoms with Crippen LogP contribution >= 0.6 is 0 Å². The summed E-state index contributed by atoms with van der Waals surface area (Å²) in [5.41, 5.74) is 0.124. The Morgan fingerprint density at radius 3 is 2.17 bits per heavy atom. The van der Waals surface area contributed by atoms with Gasteiger partial charge in [0.15, 0.2) is 0 Å². The third kappa shape index (κ3) is 4.35. The van der Waals surface area contributed by atoms with Crippen LogP contribution in [-0.4, -0.2) is 28.9 Å². The summed E-state index contributed by atoms with van der Waals surface area (Å²) < 4.78 is 0. The van der Waals surface area contributed by atoms with Crippen LogP contribution in [0.25, 0.3) is 0 Å². The van der Waals surface area contributed by atoms with Crippen LogP contribution in [0.4, 0.5) is 0 Å². The molecule has 1 heterocycles. The first kappa shape index (κ1) is 14.5. The number of hydrogen-bond acceptors (Lipinski definition) is 2. The van der Waals surface area contributed by atoms with Crippen molar-refractivity contribution >= 4 is 5.91 Å². The highest BCUT2D eigenvalue weighted by Gasteiger charge is 2.18. The van der Waals surface area contributed by atoms with Gasteiger partial charge in [-0.1, -0.05) is 33.8 Å². The van der Waals surface area contributed by atoms with E-state index >= 15 is 0 Å². The van der Waals surface area contributed by atoms with Crippen LogP contribution in [0, 0.1) is 11.8 Å². The molecule has 1 amide bonds. The molecule has 0 saturated heterocycles. The molecule has 1 aromatic heterocycles. The van der Waals surface area contributed by atoms with Gasteiger partial charge in [-0.05, 0) is 17.9 Å². The zero-order valence-corrected chi connectivity index (χ0v) is 11.6. The second-order valence-electron chi connectivity index (χ2n) is 5.43. The predicted octanol–water partition coefficient (Wildman–Crippen LogP) is 2.13. The molecule has 0 fully saturated rings. The summed E-state index contributed by atoms with van der Waals surface area (Å²) in [5.74, 6) is 0.710. The van der Waals surface area contributed by atoms with Gasteiger partial charge in [0.2, 0.25) is 5.56 Å². The fourth-order valence-electron chi connectivity index (χ4n) is 1.86. The van der Waals surface area contributed by atoms with Gasteiger partial charge in [-0.2, -0.15) is 0 Å². The summed E-state index contributed by atoms with van der Waals surface area (Å²) in [5, 5.41) is 0. The maximum absolute atomic E-state index is 12.3. The van der Waals surface area contributed by atoms with E-state index in [4.69, 9.17) is 0 Å². The lowest BCUT2D eigenvalue weighted by atomic mass is 10.1. The van der Waals surface area contributed by atoms with Crippen LogP contribution in [0.1, 0.15) is 38.2 Å². The van der Waals surface area contributed by atoms with E-state index in [9.17, 15) is 9.59 Å². The summed E-state index contributed by atoms with van der Waals surface area (Å²) in [6.45, 7) is 9.72. The molecule has 0 unspecified atom stereocenters. The number of nitrogens with one attached hydrogen (secondary N) is 1. The Kier molecular flexibility index (Phi) is 5.13. The topological polar surface area (TPSA) is 53.2 Å². The third-order valence-electron chi connectivity index (χ3n) is 2.46. The average molecular weight is 250 g/mol. The smallest absolute Gasteiger partial charge is 0.270 e. The number of carbonyl (C=O) groups is 1. The first-order chi connectivity index (χ1) is 8.40. The SMILES string of the molecule is CC(C)CN(CC(C)C)C(=O)c1cccc(=O)[nH]1. The standard InChI is InChI=1S/C14H22N2O2/c1-10(2)8-16(9-11(3)4)14(18)12-6-5-7-13(17)15-12/h5-7,10-11H,8-9H2,1-4H3,(H,15,17). The minimum Gasteiger partial charge on any atom is -0.337 e. The second-order valence-corrected chi connectivity index (χ2v) is 5.43. The zero-order chi connectivity index (χ0) is 13.7. The lowest BCUT2D eigenvalue weighted by molar-refractivity contribution is 0.0709. The molecule has 0 aliphatic heterocycles. The number of pyridine rings is 1. The van der Waals surface area contributed by atoms with E-state index < -0.39 is 0 Å². The van der Waals surface area contributed by atoms with Crippen molar-refractivity contribution in [3.63, 3.8) is 0 Å². The van der Waals surface area contributed by atoms with Crippen molar-refractivity contribution in [3.05, 3.63) is 34.2 Å². The minimum atomic E-state index is -0.241. The quantitative estimate of drug-likeness (QED) is 0.870. The molecule has 0 aromatic carbocycles. The summed E-state index contributed by atoms with van der Waals surface area (Å²) in [4.78, 5) is 28.0. The van der Waals surface area contributed by atoms with Crippen LogP contribution in [-0.2, 0) is 0 Å². The van der Waals surface area contributed by atoms with Crippen molar-refractivity contribution in [2.24, 2.45) is 11.8 Å². The van der Waals surface area contributed by atoms with E-state index in [1.165, 1.54) is 6.07 Å². The molecule has 0 atom stereocenters. The number of amides is 1. The van der Waals surface area contributed by atoms with Crippen molar-refractivity contribution in [3.8, 4) is 0 Å². The first-order valence-electron chi connectivity index (χ1n) is 6.38. The monoisotopic (exact) mass is 250 g/mol. The lowest BCUT2D eigenvalue weighted by Gasteiger charge is -2.26. The fraction of sp³-hybridized carbons (Fsp3) is 0.571. The number of H-pyrrole nitrogens is 1. The van der Waals surface area contributed by atoms with Gasteiger partial charge in [-0.3, -0.25) is 9.59 Å². The van der Waals surface area contributed by atoms with E-state index in [-0.39, 0.29) is 11.5 Å². The second kappa shape index (κ2) is 6.38. The van der Waals surface area contributed by atoms with Crippen molar-refractivity contribution in [2.45, 2.75) is 27.7 Å². The molecule has 0 aliphatic rings. The number of rotatable bonds is 5. The Morgan fingerprint density at radius 1 is 1.17 bits per heavy atom. The van der Waals surface area contributed by atoms with Gasteiger partial charge < -0.3 is 9.88 Å². The molecular formula is C14H22N2O2. The van der Waals surface area contributed by atoms with Gasteiger partial charge in [0.25, 0.3) is 5.91 Å². The molecule has 4 heteroatoms. The van der Waals surface area contributed by atoms with Gasteiger partial charge in [0, 0.05) is 19.2 Å². The molecule has 0 radical (unpaired) electrons. The van der Waals surface area contributed by atoms with Gasteiger partial charge in [0.1, 0.15) is 5.69 Å². The van der Waals surface area contributed by atoms with Crippen LogP contribution in [0.15, 0.2) is 23.0 Å². The Hall–Kier alpha value is -1.58. The number of hydrogen-bond donors (Lipinski definition) is 1. The van der Waals surface area contributed by atoms with Gasteiger partial charge >= 0.3 is 0 Å². The zero-order valence-electron chi connectivity index (χ0n) is 11.6. The summed E-state index contributed by atoms with van der Waals surface area (Å²) in [6.07, 6.45) is 0. The lowest BCUT2D eigenvalue weighted by Crippen LogP contribution is -2.38. The van der Waals surface area contributed by atoms with E-state index in [0.29, 0.717) is 30.6 Å². The Bertz CT molecular complexity index is 439. The molecular weight excluding hydrogens is 228 g/mol. The Labute approximate surface area is 108 Å². The molecule has 100 valence electrons. The molecule has 0 bridgehead atoms. The Morgan fingerprint density at radius 2 is 1.72 bits per heavy atom. The summed E-state index contributed by atoms with van der Waals surface area (Å²) in [7, 11) is 0. The minimum absolute atomic E-state index is 0.102. The van der Waals surface area contributed by atoms with Crippen molar-refractivity contribution in [1.82, 2.24) is 9.88 Å². The molecule has 1 N–H and O–H groups in total. The molecule has 1 aromatic rings. The molecule has 0 spiro atoms. The maximum Gasteiger partial charge on any atom is 0.270 e. The van der Waals surface area contributed by atoms with Gasteiger partial charge in [0.05, 0.1) is 0 Å². The Balaban J connectivity index is 2.90. The number of nitrogens with zero attached hydrogens (tertiary/aromatic N) is 1. The van der Waals surface area contributed by atoms with Gasteiger partial charge in [-0.15, -0.1) is 0 Å². The highest BCUT2D eigenvalue weighted by atomic mass is 16.2. The number of aromatic nitrogens is 1. The number of aromatic amines is 1. The average Bonchev–Trinajstić information content (AvgIpc) is 2.26. The number of carbonyl (C=O) groups excluding carboxylic acids is 1. The molecule has 18 heavy (non-hydrogen) atoms. The molecule has 4 nitrogen and oxygen atoms in total. The maximum atomic E-state index is 12.3. The summed E-state index contributed by atoms with van der Waals surface area (Å²) >= 11 is 0. The summed E-state index contributed by atoms with van der Waals surface area (Å²) in [6, 6.07) is 4.67. The molecule has 1 rings (SSSR count). The van der Waals surface area contributed by atoms with Gasteiger partial charge in [-0.25, -0.2) is 0 Å². The fourth-order valence-corrected chi connectivity index (χ4v) is 1.86. The highest BCUT2D eigenvalue weighted by molar-refractivity contribution is 5.92. The predicted molar refractivity (Wildman–Crippen MR) is 72.6 cm³/mol. The van der Waals surface area contributed by atoms with Crippen molar-refractivity contribution < 1.29 is 4.79 Å². The molecule has 0 aliphatic carbocycles.